The summed E-state index contributed by atoms with van der Waals surface area (Å²) in [7, 11) is 0. The fourth-order valence-corrected chi connectivity index (χ4v) is 4.17. The molecule has 0 radical (unpaired) electrons. The van der Waals surface area contributed by atoms with Crippen LogP contribution in [-0.2, 0) is 0 Å². The Balaban J connectivity index is 1.53. The zero-order valence-corrected chi connectivity index (χ0v) is 11.5. The molecule has 0 spiro atoms. The molecule has 3 rings (SSSR count). The smallest absolute Gasteiger partial charge is 0.0123 e. The van der Waals surface area contributed by atoms with Crippen molar-refractivity contribution >= 4 is 0 Å². The highest BCUT2D eigenvalue weighted by atomic mass is 15.2. The van der Waals surface area contributed by atoms with Crippen molar-refractivity contribution in [2.45, 2.75) is 58.0 Å². The molecular formula is C15H28N2. The molecule has 2 bridgehead atoms. The lowest BCUT2D eigenvalue weighted by Crippen LogP contribution is -2.49. The van der Waals surface area contributed by atoms with E-state index < -0.39 is 0 Å². The Kier molecular flexibility index (Phi) is 3.45. The van der Waals surface area contributed by atoms with Crippen LogP contribution < -0.4 is 5.32 Å². The van der Waals surface area contributed by atoms with Crippen LogP contribution in [-0.4, -0.2) is 36.6 Å². The number of hydrogen-bond acceptors (Lipinski definition) is 2. The van der Waals surface area contributed by atoms with E-state index in [0.29, 0.717) is 0 Å². The van der Waals surface area contributed by atoms with Crippen molar-refractivity contribution in [3.05, 3.63) is 0 Å². The SMILES string of the molecule is CC1CCC(NC2CCN3CCC2C3)CC1C. The third kappa shape index (κ3) is 2.53. The quantitative estimate of drug-likeness (QED) is 0.792. The molecule has 3 fully saturated rings. The van der Waals surface area contributed by atoms with Crippen molar-refractivity contribution in [1.82, 2.24) is 10.2 Å². The first-order chi connectivity index (χ1) is 8.22. The molecule has 0 aromatic heterocycles. The minimum atomic E-state index is 0.818. The Bertz CT molecular complexity index is 266. The van der Waals surface area contributed by atoms with Crippen molar-refractivity contribution in [2.75, 3.05) is 19.6 Å². The topological polar surface area (TPSA) is 15.3 Å². The minimum Gasteiger partial charge on any atom is -0.311 e. The highest BCUT2D eigenvalue weighted by Crippen LogP contribution is 2.32. The maximum atomic E-state index is 4.01. The van der Waals surface area contributed by atoms with Gasteiger partial charge in [-0.3, -0.25) is 0 Å². The Labute approximate surface area is 106 Å². The number of rotatable bonds is 2. The van der Waals surface area contributed by atoms with Gasteiger partial charge in [0.25, 0.3) is 0 Å². The Hall–Kier alpha value is -0.0800. The lowest BCUT2D eigenvalue weighted by molar-refractivity contribution is 0.169. The molecule has 98 valence electrons. The van der Waals surface area contributed by atoms with E-state index in [9.17, 15) is 0 Å². The summed E-state index contributed by atoms with van der Waals surface area (Å²) in [4.78, 5) is 2.65. The van der Waals surface area contributed by atoms with Crippen molar-refractivity contribution in [2.24, 2.45) is 17.8 Å². The van der Waals surface area contributed by atoms with Crippen LogP contribution in [0.2, 0.25) is 0 Å². The third-order valence-electron chi connectivity index (χ3n) is 5.68. The number of hydrogen-bond donors (Lipinski definition) is 1. The van der Waals surface area contributed by atoms with Crippen LogP contribution in [0.1, 0.15) is 46.0 Å². The molecule has 6 unspecified atom stereocenters. The summed E-state index contributed by atoms with van der Waals surface area (Å²) in [6.45, 7) is 8.94. The first-order valence-electron chi connectivity index (χ1n) is 7.71. The molecule has 2 heterocycles. The van der Waals surface area contributed by atoms with Gasteiger partial charge in [-0.25, -0.2) is 0 Å². The summed E-state index contributed by atoms with van der Waals surface area (Å²) in [6, 6.07) is 1.65. The van der Waals surface area contributed by atoms with Crippen LogP contribution in [0.4, 0.5) is 0 Å². The van der Waals surface area contributed by atoms with E-state index in [1.165, 1.54) is 51.7 Å². The highest BCUT2D eigenvalue weighted by Gasteiger charge is 2.36. The summed E-state index contributed by atoms with van der Waals surface area (Å²) >= 11 is 0. The van der Waals surface area contributed by atoms with E-state index in [1.807, 2.05) is 0 Å². The normalized spacial score (nSPS) is 50.5. The Morgan fingerprint density at radius 2 is 1.76 bits per heavy atom. The van der Waals surface area contributed by atoms with Gasteiger partial charge in [0.05, 0.1) is 0 Å². The van der Waals surface area contributed by atoms with Gasteiger partial charge in [-0.1, -0.05) is 13.8 Å². The summed E-state index contributed by atoms with van der Waals surface area (Å²) in [6.07, 6.45) is 7.09. The van der Waals surface area contributed by atoms with Gasteiger partial charge >= 0.3 is 0 Å². The molecule has 1 saturated carbocycles. The van der Waals surface area contributed by atoms with Crippen molar-refractivity contribution in [1.29, 1.82) is 0 Å². The predicted octanol–water partition coefficient (Wildman–Crippen LogP) is 2.49. The predicted molar refractivity (Wildman–Crippen MR) is 72.1 cm³/mol. The van der Waals surface area contributed by atoms with Crippen LogP contribution in [0.15, 0.2) is 0 Å². The molecular weight excluding hydrogens is 208 g/mol. The molecule has 3 aliphatic rings. The van der Waals surface area contributed by atoms with E-state index >= 15 is 0 Å². The maximum Gasteiger partial charge on any atom is 0.0123 e. The molecule has 0 aromatic carbocycles. The summed E-state index contributed by atoms with van der Waals surface area (Å²) in [5, 5.41) is 4.01. The molecule has 2 heteroatoms. The van der Waals surface area contributed by atoms with E-state index in [4.69, 9.17) is 0 Å². The number of fused-ring (bicyclic) bond motifs is 2. The van der Waals surface area contributed by atoms with E-state index in [1.54, 1.807) is 0 Å². The van der Waals surface area contributed by atoms with Gasteiger partial charge in [-0.2, -0.15) is 0 Å². The fourth-order valence-electron chi connectivity index (χ4n) is 4.17. The second-order valence-corrected chi connectivity index (χ2v) is 6.88. The molecule has 2 nitrogen and oxygen atoms in total. The average molecular weight is 236 g/mol. The fraction of sp³-hybridized carbons (Fsp3) is 1.00. The molecule has 17 heavy (non-hydrogen) atoms. The molecule has 1 N–H and O–H groups in total. The average Bonchev–Trinajstić information content (AvgIpc) is 2.71. The monoisotopic (exact) mass is 236 g/mol. The standard InChI is InChI=1S/C15H28N2/c1-11-3-4-14(9-12(11)2)16-15-6-8-17-7-5-13(15)10-17/h11-16H,3-10H2,1-2H3. The number of piperidine rings is 1. The Morgan fingerprint density at radius 3 is 2.59 bits per heavy atom. The molecule has 2 saturated heterocycles. The zero-order chi connectivity index (χ0) is 11.8. The summed E-state index contributed by atoms with van der Waals surface area (Å²) < 4.78 is 0. The van der Waals surface area contributed by atoms with Gasteiger partial charge in [0.1, 0.15) is 0 Å². The lowest BCUT2D eigenvalue weighted by Gasteiger charge is -2.38. The van der Waals surface area contributed by atoms with Gasteiger partial charge in [-0.05, 0) is 62.9 Å². The van der Waals surface area contributed by atoms with Crippen LogP contribution in [0, 0.1) is 17.8 Å². The summed E-state index contributed by atoms with van der Waals surface area (Å²) in [5.74, 6) is 2.82. The molecule has 0 aromatic rings. The van der Waals surface area contributed by atoms with Crippen LogP contribution >= 0.6 is 0 Å². The van der Waals surface area contributed by atoms with Gasteiger partial charge in [-0.15, -0.1) is 0 Å². The number of nitrogens with one attached hydrogen (secondary N) is 1. The van der Waals surface area contributed by atoms with E-state index in [2.05, 4.69) is 24.1 Å². The highest BCUT2D eigenvalue weighted by molar-refractivity contribution is 4.93. The van der Waals surface area contributed by atoms with E-state index in [0.717, 1.165) is 29.8 Å². The van der Waals surface area contributed by atoms with Crippen molar-refractivity contribution in [3.8, 4) is 0 Å². The molecule has 1 aliphatic carbocycles. The second-order valence-electron chi connectivity index (χ2n) is 6.88. The number of nitrogens with zero attached hydrogens (tertiary/aromatic N) is 1. The van der Waals surface area contributed by atoms with Crippen molar-refractivity contribution < 1.29 is 0 Å². The lowest BCUT2D eigenvalue weighted by atomic mass is 9.78. The molecule has 2 aliphatic heterocycles. The first kappa shape index (κ1) is 12.0. The maximum absolute atomic E-state index is 4.01. The van der Waals surface area contributed by atoms with Gasteiger partial charge in [0.2, 0.25) is 0 Å². The van der Waals surface area contributed by atoms with Gasteiger partial charge < -0.3 is 10.2 Å². The first-order valence-corrected chi connectivity index (χ1v) is 7.71. The van der Waals surface area contributed by atoms with Gasteiger partial charge in [0.15, 0.2) is 0 Å². The summed E-state index contributed by atoms with van der Waals surface area (Å²) in [5.41, 5.74) is 0. The third-order valence-corrected chi connectivity index (χ3v) is 5.68. The zero-order valence-electron chi connectivity index (χ0n) is 11.5. The molecule has 0 amide bonds. The van der Waals surface area contributed by atoms with Crippen LogP contribution in [0.5, 0.6) is 0 Å². The van der Waals surface area contributed by atoms with Gasteiger partial charge in [0, 0.05) is 18.6 Å². The molecule has 6 atom stereocenters. The largest absolute Gasteiger partial charge is 0.311 e. The Morgan fingerprint density at radius 1 is 0.941 bits per heavy atom. The van der Waals surface area contributed by atoms with Crippen molar-refractivity contribution in [3.63, 3.8) is 0 Å². The van der Waals surface area contributed by atoms with E-state index in [-0.39, 0.29) is 0 Å². The minimum absolute atomic E-state index is 0.818. The van der Waals surface area contributed by atoms with Crippen LogP contribution in [0.25, 0.3) is 0 Å². The second kappa shape index (κ2) is 4.89. The van der Waals surface area contributed by atoms with Crippen LogP contribution in [0.3, 0.4) is 0 Å².